The molecule has 0 amide bonds. The van der Waals surface area contributed by atoms with Crippen LogP contribution in [0.1, 0.15) is 52.4 Å². The van der Waals surface area contributed by atoms with Gasteiger partial charge in [-0.2, -0.15) is 0 Å². The van der Waals surface area contributed by atoms with Crippen LogP contribution in [0.3, 0.4) is 0 Å². The average Bonchev–Trinajstić information content (AvgIpc) is 2.12. The van der Waals surface area contributed by atoms with Gasteiger partial charge < -0.3 is 10.2 Å². The van der Waals surface area contributed by atoms with Crippen molar-refractivity contribution in [2.75, 3.05) is 13.2 Å². The molecule has 0 aliphatic rings. The van der Waals surface area contributed by atoms with Crippen LogP contribution in [0.15, 0.2) is 0 Å². The van der Waals surface area contributed by atoms with Gasteiger partial charge in [-0.25, -0.2) is 0 Å². The Balaban J connectivity index is -0.000000143. The zero-order chi connectivity index (χ0) is 9.66. The molecule has 78 valence electrons. The zero-order valence-electron chi connectivity index (χ0n) is 8.97. The zero-order valence-corrected chi connectivity index (χ0v) is 10.5. The minimum Gasteiger partial charge on any atom is -0.854 e. The van der Waals surface area contributed by atoms with E-state index in [1.807, 2.05) is 0 Å². The fourth-order valence-corrected chi connectivity index (χ4v) is 0.704. The Morgan fingerprint density at radius 1 is 0.692 bits per heavy atom. The molecule has 0 saturated heterocycles. The van der Waals surface area contributed by atoms with E-state index >= 15 is 0 Å². The first-order valence-corrected chi connectivity index (χ1v) is 4.99. The molecule has 0 spiro atoms. The molecule has 0 unspecified atom stereocenters. The van der Waals surface area contributed by atoms with Gasteiger partial charge in [-0.3, -0.25) is 0 Å². The third-order valence-electron chi connectivity index (χ3n) is 1.50. The smallest absolute Gasteiger partial charge is 0.854 e. The molecule has 0 saturated carbocycles. The van der Waals surface area contributed by atoms with E-state index < -0.39 is 0 Å². The molecule has 0 bridgehead atoms. The van der Waals surface area contributed by atoms with Crippen LogP contribution in [0, 0.1) is 0 Å². The van der Waals surface area contributed by atoms with Gasteiger partial charge in [0.05, 0.1) is 0 Å². The van der Waals surface area contributed by atoms with Crippen LogP contribution in [0.4, 0.5) is 0 Å². The van der Waals surface area contributed by atoms with Gasteiger partial charge in [0.1, 0.15) is 0 Å². The van der Waals surface area contributed by atoms with E-state index in [-0.39, 0.29) is 34.9 Å². The topological polar surface area (TPSA) is 46.1 Å². The molecule has 0 rings (SSSR count). The predicted molar refractivity (Wildman–Crippen MR) is 48.8 cm³/mol. The van der Waals surface area contributed by atoms with Gasteiger partial charge in [-0.15, -0.1) is 13.2 Å². The molecule has 3 heteroatoms. The van der Waals surface area contributed by atoms with E-state index in [2.05, 4.69) is 13.8 Å². The van der Waals surface area contributed by atoms with Crippen molar-refractivity contribution in [2.24, 2.45) is 0 Å². The fraction of sp³-hybridized carbons (Fsp3) is 1.00. The normalized spacial score (nSPS) is 8.31. The van der Waals surface area contributed by atoms with E-state index in [1.54, 1.807) is 0 Å². The van der Waals surface area contributed by atoms with Crippen molar-refractivity contribution in [1.29, 1.82) is 0 Å². The molecule has 0 radical (unpaired) electrons. The minimum atomic E-state index is 0. The van der Waals surface area contributed by atoms with Crippen molar-refractivity contribution < 1.29 is 31.9 Å². The summed E-state index contributed by atoms with van der Waals surface area (Å²) < 4.78 is 0. The summed E-state index contributed by atoms with van der Waals surface area (Å²) in [5, 5.41) is 19.4. The van der Waals surface area contributed by atoms with Crippen LogP contribution in [0.5, 0.6) is 0 Å². The monoisotopic (exact) mass is 222 g/mol. The van der Waals surface area contributed by atoms with Crippen molar-refractivity contribution >= 4 is 0 Å². The number of rotatable bonds is 6. The Morgan fingerprint density at radius 2 is 1.00 bits per heavy atom. The van der Waals surface area contributed by atoms with Gasteiger partial charge in [0, 0.05) is 0 Å². The quantitative estimate of drug-likeness (QED) is 0.498. The van der Waals surface area contributed by atoms with Crippen molar-refractivity contribution in [3.05, 3.63) is 0 Å². The molecular formula is C10H22O2Ti. The number of hydrogen-bond donors (Lipinski definition) is 0. The maximum absolute atomic E-state index is 9.69. The summed E-state index contributed by atoms with van der Waals surface area (Å²) in [5.74, 6) is 0. The van der Waals surface area contributed by atoms with Crippen molar-refractivity contribution in [3.8, 4) is 0 Å². The van der Waals surface area contributed by atoms with Gasteiger partial charge in [0.15, 0.2) is 0 Å². The average molecular weight is 222 g/mol. The second-order valence-electron chi connectivity index (χ2n) is 2.82. The van der Waals surface area contributed by atoms with Gasteiger partial charge in [0.2, 0.25) is 0 Å². The first kappa shape index (κ1) is 19.2. The molecular weight excluding hydrogens is 200 g/mol. The van der Waals surface area contributed by atoms with Crippen molar-refractivity contribution in [3.63, 3.8) is 0 Å². The molecule has 13 heavy (non-hydrogen) atoms. The number of hydrogen-bond acceptors (Lipinski definition) is 2. The van der Waals surface area contributed by atoms with Crippen molar-refractivity contribution in [2.45, 2.75) is 52.4 Å². The third-order valence-corrected chi connectivity index (χ3v) is 1.50. The van der Waals surface area contributed by atoms with E-state index in [1.165, 1.54) is 0 Å². The molecule has 0 aromatic carbocycles. The summed E-state index contributed by atoms with van der Waals surface area (Å²) in [7, 11) is 0. The van der Waals surface area contributed by atoms with Crippen molar-refractivity contribution in [1.82, 2.24) is 0 Å². The van der Waals surface area contributed by atoms with Crippen LogP contribution < -0.4 is 10.2 Å². The maximum Gasteiger partial charge on any atom is 2.00 e. The summed E-state index contributed by atoms with van der Waals surface area (Å²) in [6.07, 6.45) is 6.23. The number of unbranched alkanes of at least 4 members (excludes halogenated alkanes) is 4. The van der Waals surface area contributed by atoms with Crippen LogP contribution in [0.2, 0.25) is 0 Å². The third kappa shape index (κ3) is 32.5. The first-order chi connectivity index (χ1) is 5.83. The Morgan fingerprint density at radius 3 is 1.08 bits per heavy atom. The fourth-order valence-electron chi connectivity index (χ4n) is 0.704. The second-order valence-corrected chi connectivity index (χ2v) is 2.82. The molecule has 0 aliphatic carbocycles. The largest absolute Gasteiger partial charge is 2.00 e. The van der Waals surface area contributed by atoms with E-state index in [0.29, 0.717) is 0 Å². The Hall–Kier alpha value is 0.634. The maximum atomic E-state index is 9.69. The summed E-state index contributed by atoms with van der Waals surface area (Å²) in [6.45, 7) is 4.40. The molecule has 0 heterocycles. The molecule has 0 fully saturated rings. The molecule has 0 aromatic heterocycles. The Labute approximate surface area is 97.6 Å². The van der Waals surface area contributed by atoms with Crippen LogP contribution in [-0.4, -0.2) is 13.2 Å². The van der Waals surface area contributed by atoms with Crippen LogP contribution >= 0.6 is 0 Å². The molecule has 0 N–H and O–H groups in total. The van der Waals surface area contributed by atoms with Crippen LogP contribution in [0.25, 0.3) is 0 Å². The predicted octanol–water partition coefficient (Wildman–Crippen LogP) is 1.07. The van der Waals surface area contributed by atoms with E-state index in [4.69, 9.17) is 0 Å². The van der Waals surface area contributed by atoms with E-state index in [9.17, 15) is 10.2 Å². The summed E-state index contributed by atoms with van der Waals surface area (Å²) in [4.78, 5) is 0. The van der Waals surface area contributed by atoms with Gasteiger partial charge in [-0.1, -0.05) is 52.4 Å². The molecule has 0 atom stereocenters. The van der Waals surface area contributed by atoms with E-state index in [0.717, 1.165) is 38.5 Å². The van der Waals surface area contributed by atoms with Gasteiger partial charge in [-0.05, 0) is 0 Å². The standard InChI is InChI=1S/2C5H11O.Ti/c2*1-2-3-4-5-6;/h2*2-5H2,1H3;/q2*-1;+2. The van der Waals surface area contributed by atoms with Gasteiger partial charge >= 0.3 is 21.7 Å². The Bertz CT molecular complexity index is 44.9. The molecule has 0 aromatic rings. The Kier molecular flexibility index (Phi) is 34.0. The SMILES string of the molecule is CCCCC[O-].CCCCC[O-].[Ti+2]. The minimum absolute atomic E-state index is 0. The van der Waals surface area contributed by atoms with Crippen LogP contribution in [-0.2, 0) is 21.7 Å². The second kappa shape index (κ2) is 22.9. The summed E-state index contributed by atoms with van der Waals surface area (Å²) in [5.41, 5.74) is 0. The summed E-state index contributed by atoms with van der Waals surface area (Å²) >= 11 is 0. The van der Waals surface area contributed by atoms with Gasteiger partial charge in [0.25, 0.3) is 0 Å². The first-order valence-electron chi connectivity index (χ1n) is 4.99. The molecule has 2 nitrogen and oxygen atoms in total. The summed E-state index contributed by atoms with van der Waals surface area (Å²) in [6, 6.07) is 0. The molecule has 0 aliphatic heterocycles.